The molecule has 0 spiro atoms. The summed E-state index contributed by atoms with van der Waals surface area (Å²) < 4.78 is 16.7. The van der Waals surface area contributed by atoms with Crippen molar-refractivity contribution in [3.63, 3.8) is 0 Å². The van der Waals surface area contributed by atoms with E-state index in [1.807, 2.05) is 6.07 Å². The summed E-state index contributed by atoms with van der Waals surface area (Å²) in [5.41, 5.74) is 1.30. The lowest BCUT2D eigenvalue weighted by atomic mass is 10.2. The Balaban J connectivity index is 1.93. The molecule has 0 amide bonds. The lowest BCUT2D eigenvalue weighted by molar-refractivity contribution is 0.616. The van der Waals surface area contributed by atoms with Crippen molar-refractivity contribution in [1.82, 2.24) is 19.5 Å². The molecule has 116 valence electrons. The minimum Gasteiger partial charge on any atom is -0.370 e. The zero-order chi connectivity index (χ0) is 15.8. The second kappa shape index (κ2) is 5.69. The van der Waals surface area contributed by atoms with E-state index < -0.39 is 5.82 Å². The number of pyridine rings is 2. The maximum atomic E-state index is 13.7. The van der Waals surface area contributed by atoms with Crippen molar-refractivity contribution < 1.29 is 4.39 Å². The van der Waals surface area contributed by atoms with Crippen LogP contribution in [0.4, 0.5) is 15.9 Å². The Hall–Kier alpha value is -2.35. The standard InChI is InChI=1S/C15H12BrFN6/c16-10-6-9-7-20-15(21-12-2-4-18-8-11(12)17)22-13(9)23-5-1-3-19-14(10)23/h2,4,6-8,19H,1,3,5H2. The topological polar surface area (TPSA) is 68.0 Å². The van der Waals surface area contributed by atoms with E-state index in [1.165, 1.54) is 12.3 Å². The van der Waals surface area contributed by atoms with Gasteiger partial charge in [0, 0.05) is 31.0 Å². The maximum Gasteiger partial charge on any atom is 0.251 e. The third kappa shape index (κ3) is 2.59. The quantitative estimate of drug-likeness (QED) is 0.710. The van der Waals surface area contributed by atoms with Gasteiger partial charge >= 0.3 is 0 Å². The van der Waals surface area contributed by atoms with Gasteiger partial charge in [0.1, 0.15) is 17.3 Å². The first-order valence-electron chi connectivity index (χ1n) is 7.16. The first-order chi connectivity index (χ1) is 11.2. The van der Waals surface area contributed by atoms with Gasteiger partial charge in [-0.2, -0.15) is 4.98 Å². The van der Waals surface area contributed by atoms with Crippen molar-refractivity contribution in [2.75, 3.05) is 11.9 Å². The highest BCUT2D eigenvalue weighted by Crippen LogP contribution is 2.32. The molecule has 0 fully saturated rings. The van der Waals surface area contributed by atoms with E-state index >= 15 is 0 Å². The molecule has 0 aliphatic carbocycles. The van der Waals surface area contributed by atoms with Crippen molar-refractivity contribution in [1.29, 1.82) is 0 Å². The van der Waals surface area contributed by atoms with Gasteiger partial charge in [-0.3, -0.25) is 4.98 Å². The Labute approximate surface area is 139 Å². The Kier molecular flexibility index (Phi) is 3.53. The molecule has 1 aromatic rings. The van der Waals surface area contributed by atoms with Gasteiger partial charge in [0.25, 0.3) is 5.62 Å². The Bertz CT molecular complexity index is 922. The van der Waals surface area contributed by atoms with Gasteiger partial charge in [0.15, 0.2) is 5.82 Å². The lowest BCUT2D eigenvalue weighted by Crippen LogP contribution is -2.24. The van der Waals surface area contributed by atoms with Gasteiger partial charge < -0.3 is 9.88 Å². The molecule has 1 aromatic heterocycles. The molecule has 4 rings (SSSR count). The number of anilines is 1. The molecule has 3 aliphatic heterocycles. The highest BCUT2D eigenvalue weighted by Gasteiger charge is 2.18. The molecule has 6 nitrogen and oxygen atoms in total. The molecule has 0 aromatic carbocycles. The minimum atomic E-state index is -0.497. The van der Waals surface area contributed by atoms with Crippen LogP contribution in [0, 0.1) is 5.82 Å². The zero-order valence-corrected chi connectivity index (χ0v) is 13.6. The average Bonchev–Trinajstić information content (AvgIpc) is 2.58. The Morgan fingerprint density at radius 1 is 1.35 bits per heavy atom. The molecule has 1 N–H and O–H groups in total. The van der Waals surface area contributed by atoms with E-state index in [4.69, 9.17) is 0 Å². The summed E-state index contributed by atoms with van der Waals surface area (Å²) in [5, 5.41) is 3.36. The molecule has 0 radical (unpaired) electrons. The number of nitrogens with one attached hydrogen (secondary N) is 1. The van der Waals surface area contributed by atoms with Crippen LogP contribution in [0.1, 0.15) is 6.42 Å². The molecule has 23 heavy (non-hydrogen) atoms. The number of hydrogen-bond acceptors (Lipinski definition) is 5. The number of halogens is 2. The summed E-state index contributed by atoms with van der Waals surface area (Å²) in [5.74, 6) is 1.27. The lowest BCUT2D eigenvalue weighted by Gasteiger charge is -2.25. The number of fused-ring (bicyclic) bond motifs is 3. The molecule has 8 heteroatoms. The van der Waals surface area contributed by atoms with E-state index in [0.29, 0.717) is 0 Å². The van der Waals surface area contributed by atoms with Gasteiger partial charge in [-0.1, -0.05) is 0 Å². The number of rotatable bonds is 1. The monoisotopic (exact) mass is 374 g/mol. The molecule has 0 saturated carbocycles. The molecule has 0 bridgehead atoms. The second-order valence-electron chi connectivity index (χ2n) is 5.16. The van der Waals surface area contributed by atoms with Crippen LogP contribution in [-0.2, 0) is 6.54 Å². The fourth-order valence-electron chi connectivity index (χ4n) is 2.59. The van der Waals surface area contributed by atoms with Crippen LogP contribution in [0.25, 0.3) is 11.4 Å². The third-order valence-electron chi connectivity index (χ3n) is 3.64. The first kappa shape index (κ1) is 14.3. The van der Waals surface area contributed by atoms with Crippen molar-refractivity contribution in [3.05, 3.63) is 46.6 Å². The van der Waals surface area contributed by atoms with Crippen LogP contribution in [-0.4, -0.2) is 26.1 Å². The fraction of sp³-hybridized carbons (Fsp3) is 0.200. The van der Waals surface area contributed by atoms with Crippen LogP contribution in [0.2, 0.25) is 0 Å². The number of hydrogen-bond donors (Lipinski definition) is 1. The molecule has 4 heterocycles. The number of nitrogens with zero attached hydrogens (tertiary/aromatic N) is 5. The predicted molar refractivity (Wildman–Crippen MR) is 86.9 cm³/mol. The molecular formula is C15H12BrFN6. The van der Waals surface area contributed by atoms with Crippen molar-refractivity contribution >= 4 is 27.4 Å². The van der Waals surface area contributed by atoms with Gasteiger partial charge in [-0.05, 0) is 34.5 Å². The molecule has 0 saturated heterocycles. The molecular weight excluding hydrogens is 363 g/mol. The zero-order valence-electron chi connectivity index (χ0n) is 12.0. The van der Waals surface area contributed by atoms with Crippen molar-refractivity contribution in [2.45, 2.75) is 13.0 Å². The fourth-order valence-corrected chi connectivity index (χ4v) is 3.19. The Morgan fingerprint density at radius 3 is 3.13 bits per heavy atom. The van der Waals surface area contributed by atoms with Gasteiger partial charge in [0.2, 0.25) is 0 Å². The van der Waals surface area contributed by atoms with Gasteiger partial charge in [-0.15, -0.1) is 0 Å². The largest absolute Gasteiger partial charge is 0.370 e. The van der Waals surface area contributed by atoms with E-state index in [2.05, 4.69) is 45.8 Å². The summed E-state index contributed by atoms with van der Waals surface area (Å²) in [6, 6.07) is 3.46. The first-order valence-corrected chi connectivity index (χ1v) is 7.96. The smallest absolute Gasteiger partial charge is 0.251 e. The highest BCUT2D eigenvalue weighted by atomic mass is 79.9. The average molecular weight is 375 g/mol. The summed E-state index contributed by atoms with van der Waals surface area (Å²) >= 11 is 3.57. The van der Waals surface area contributed by atoms with Crippen LogP contribution in [0.3, 0.4) is 0 Å². The maximum absolute atomic E-state index is 13.7. The van der Waals surface area contributed by atoms with Gasteiger partial charge in [0.05, 0.1) is 10.7 Å². The van der Waals surface area contributed by atoms with E-state index in [-0.39, 0.29) is 11.3 Å². The van der Waals surface area contributed by atoms with Crippen molar-refractivity contribution in [3.8, 4) is 11.4 Å². The normalized spacial score (nSPS) is 14.6. The summed E-state index contributed by atoms with van der Waals surface area (Å²) in [7, 11) is 0. The van der Waals surface area contributed by atoms with E-state index in [1.54, 1.807) is 6.20 Å². The predicted octanol–water partition coefficient (Wildman–Crippen LogP) is 2.73. The van der Waals surface area contributed by atoms with Crippen LogP contribution in [0.5, 0.6) is 0 Å². The van der Waals surface area contributed by atoms with Crippen LogP contribution >= 0.6 is 15.9 Å². The Morgan fingerprint density at radius 2 is 2.26 bits per heavy atom. The summed E-state index contributed by atoms with van der Waals surface area (Å²) in [6.45, 7) is 1.78. The molecule has 0 atom stereocenters. The summed E-state index contributed by atoms with van der Waals surface area (Å²) in [6.07, 6.45) is 5.32. The van der Waals surface area contributed by atoms with E-state index in [9.17, 15) is 4.39 Å². The van der Waals surface area contributed by atoms with E-state index in [0.717, 1.165) is 47.4 Å². The molecule has 0 unspecified atom stereocenters. The van der Waals surface area contributed by atoms with Crippen molar-refractivity contribution in [2.24, 2.45) is 4.99 Å². The second-order valence-corrected chi connectivity index (χ2v) is 6.02. The number of aromatic nitrogens is 4. The third-order valence-corrected chi connectivity index (χ3v) is 4.24. The van der Waals surface area contributed by atoms with Crippen LogP contribution in [0.15, 0.2) is 40.2 Å². The SMILES string of the molecule is Fc1cnccc1N=c1ncc2cc(Br)c3n(c-2n1)CCCN3. The van der Waals surface area contributed by atoms with Gasteiger partial charge in [-0.25, -0.2) is 14.4 Å². The highest BCUT2D eigenvalue weighted by molar-refractivity contribution is 9.10. The minimum absolute atomic E-state index is 0.174. The molecule has 3 aliphatic rings. The summed E-state index contributed by atoms with van der Waals surface area (Å²) in [4.78, 5) is 16.6. The van der Waals surface area contributed by atoms with Crippen LogP contribution < -0.4 is 10.9 Å².